The number of nitrogens with one attached hydrogen (secondary N) is 2. The van der Waals surface area contributed by atoms with Gasteiger partial charge in [0.1, 0.15) is 5.84 Å². The number of amidine groups is 1. The maximum absolute atomic E-state index is 8.19. The van der Waals surface area contributed by atoms with Gasteiger partial charge in [0.05, 0.1) is 6.42 Å². The molecule has 10 heavy (non-hydrogen) atoms. The lowest BCUT2D eigenvalue weighted by Crippen LogP contribution is -2.25. The second-order valence-electron chi connectivity index (χ2n) is 1.70. The molecule has 0 unspecified atom stereocenters. The second-order valence-corrected chi connectivity index (χ2v) is 1.70. The first-order chi connectivity index (χ1) is 4.74. The Labute approximate surface area is 59.4 Å². The number of ether oxygens (including phenoxy) is 2. The summed E-state index contributed by atoms with van der Waals surface area (Å²) in [5, 5.41) is 15.1. The van der Waals surface area contributed by atoms with Gasteiger partial charge in [-0.25, -0.2) is 0 Å². The van der Waals surface area contributed by atoms with E-state index in [1.165, 1.54) is 14.2 Å². The number of hydroxylamine groups is 1. The summed E-state index contributed by atoms with van der Waals surface area (Å²) in [7, 11) is 2.94. The maximum Gasteiger partial charge on any atom is 0.163 e. The third kappa shape index (κ3) is 3.39. The first-order valence-electron chi connectivity index (χ1n) is 2.77. The fraction of sp³-hybridized carbons (Fsp3) is 0.800. The maximum atomic E-state index is 8.19. The number of hydrogen-bond acceptors (Lipinski definition) is 4. The van der Waals surface area contributed by atoms with Crippen molar-refractivity contribution in [3.8, 4) is 0 Å². The lowest BCUT2D eigenvalue weighted by molar-refractivity contribution is -0.0970. The van der Waals surface area contributed by atoms with Crippen LogP contribution in [0.1, 0.15) is 6.42 Å². The Kier molecular flexibility index (Phi) is 4.82. The zero-order valence-electron chi connectivity index (χ0n) is 6.05. The molecule has 0 bridgehead atoms. The molecule has 0 aromatic rings. The Morgan fingerprint density at radius 1 is 1.60 bits per heavy atom. The van der Waals surface area contributed by atoms with Gasteiger partial charge < -0.3 is 9.47 Å². The van der Waals surface area contributed by atoms with Crippen LogP contribution in [-0.2, 0) is 9.47 Å². The lowest BCUT2D eigenvalue weighted by atomic mass is 10.4. The topological polar surface area (TPSA) is 74.6 Å². The van der Waals surface area contributed by atoms with Gasteiger partial charge in [-0.15, -0.1) is 0 Å². The average Bonchev–Trinajstić information content (AvgIpc) is 1.99. The molecule has 5 nitrogen and oxygen atoms in total. The smallest absolute Gasteiger partial charge is 0.163 e. The molecule has 0 fully saturated rings. The Bertz CT molecular complexity index is 103. The minimum absolute atomic E-state index is 0.0336. The summed E-state index contributed by atoms with van der Waals surface area (Å²) in [6, 6.07) is 0. The van der Waals surface area contributed by atoms with Crippen molar-refractivity contribution < 1.29 is 14.7 Å². The lowest BCUT2D eigenvalue weighted by Gasteiger charge is -2.12. The molecule has 0 saturated heterocycles. The highest BCUT2D eigenvalue weighted by atomic mass is 16.7. The van der Waals surface area contributed by atoms with E-state index in [1.54, 1.807) is 5.48 Å². The van der Waals surface area contributed by atoms with Crippen LogP contribution < -0.4 is 5.48 Å². The van der Waals surface area contributed by atoms with E-state index < -0.39 is 6.29 Å². The second kappa shape index (κ2) is 5.16. The normalized spacial score (nSPS) is 10.0. The molecule has 3 N–H and O–H groups in total. The monoisotopic (exact) mass is 148 g/mol. The van der Waals surface area contributed by atoms with Gasteiger partial charge in [0, 0.05) is 14.2 Å². The molecular weight excluding hydrogens is 136 g/mol. The Morgan fingerprint density at radius 2 is 2.10 bits per heavy atom. The highest BCUT2D eigenvalue weighted by molar-refractivity contribution is 5.77. The van der Waals surface area contributed by atoms with E-state index in [4.69, 9.17) is 20.1 Å². The van der Waals surface area contributed by atoms with Crippen molar-refractivity contribution in [2.24, 2.45) is 0 Å². The summed E-state index contributed by atoms with van der Waals surface area (Å²) in [6.07, 6.45) is -0.254. The van der Waals surface area contributed by atoms with E-state index in [0.717, 1.165) is 0 Å². The van der Waals surface area contributed by atoms with E-state index in [9.17, 15) is 0 Å². The van der Waals surface area contributed by atoms with Crippen molar-refractivity contribution in [1.82, 2.24) is 5.48 Å². The molecule has 0 aromatic heterocycles. The van der Waals surface area contributed by atoms with Crippen LogP contribution in [0.15, 0.2) is 0 Å². The first-order valence-corrected chi connectivity index (χ1v) is 2.77. The minimum Gasteiger partial charge on any atom is -0.355 e. The predicted molar refractivity (Wildman–Crippen MR) is 35.1 cm³/mol. The highest BCUT2D eigenvalue weighted by Crippen LogP contribution is 1.96. The molecule has 0 aliphatic rings. The molecule has 0 aliphatic heterocycles. The Balaban J connectivity index is 3.52. The molecule has 0 rings (SSSR count). The Morgan fingerprint density at radius 3 is 2.40 bits per heavy atom. The molecule has 0 radical (unpaired) electrons. The molecule has 0 heterocycles. The third-order valence-corrected chi connectivity index (χ3v) is 1.03. The molecule has 0 spiro atoms. The molecule has 60 valence electrons. The van der Waals surface area contributed by atoms with Gasteiger partial charge in [-0.2, -0.15) is 0 Å². The fourth-order valence-corrected chi connectivity index (χ4v) is 0.475. The van der Waals surface area contributed by atoms with Crippen LogP contribution in [0.2, 0.25) is 0 Å². The van der Waals surface area contributed by atoms with Gasteiger partial charge >= 0.3 is 0 Å². The van der Waals surface area contributed by atoms with Gasteiger partial charge in [-0.3, -0.25) is 16.1 Å². The Hall–Kier alpha value is -0.650. The first kappa shape index (κ1) is 9.35. The van der Waals surface area contributed by atoms with E-state index in [1.807, 2.05) is 0 Å². The summed E-state index contributed by atoms with van der Waals surface area (Å²) in [5.41, 5.74) is 1.69. The van der Waals surface area contributed by atoms with Crippen LogP contribution in [0.5, 0.6) is 0 Å². The quantitative estimate of drug-likeness (QED) is 0.226. The van der Waals surface area contributed by atoms with Crippen molar-refractivity contribution >= 4 is 5.84 Å². The van der Waals surface area contributed by atoms with Gasteiger partial charge in [-0.05, 0) is 0 Å². The van der Waals surface area contributed by atoms with Crippen LogP contribution in [0.25, 0.3) is 0 Å². The van der Waals surface area contributed by atoms with Gasteiger partial charge in [0.2, 0.25) is 0 Å². The summed E-state index contributed by atoms with van der Waals surface area (Å²) in [5.74, 6) is -0.0336. The fourth-order valence-electron chi connectivity index (χ4n) is 0.475. The van der Waals surface area contributed by atoms with Crippen LogP contribution in [-0.4, -0.2) is 31.6 Å². The van der Waals surface area contributed by atoms with Gasteiger partial charge in [-0.1, -0.05) is 0 Å². The minimum atomic E-state index is -0.466. The predicted octanol–water partition coefficient (Wildman–Crippen LogP) is -0.0485. The van der Waals surface area contributed by atoms with Crippen LogP contribution >= 0.6 is 0 Å². The third-order valence-electron chi connectivity index (χ3n) is 1.03. The van der Waals surface area contributed by atoms with Crippen molar-refractivity contribution in [2.75, 3.05) is 14.2 Å². The number of hydrogen-bond donors (Lipinski definition) is 3. The summed E-state index contributed by atoms with van der Waals surface area (Å²) in [6.45, 7) is 0. The van der Waals surface area contributed by atoms with Gasteiger partial charge in [0.15, 0.2) is 6.29 Å². The highest BCUT2D eigenvalue weighted by Gasteiger charge is 2.07. The molecule has 0 aromatic carbocycles. The molecule has 0 atom stereocenters. The van der Waals surface area contributed by atoms with E-state index >= 15 is 0 Å². The van der Waals surface area contributed by atoms with Crippen LogP contribution in [0, 0.1) is 5.41 Å². The zero-order valence-corrected chi connectivity index (χ0v) is 6.05. The van der Waals surface area contributed by atoms with Crippen LogP contribution in [0.3, 0.4) is 0 Å². The number of rotatable bonds is 4. The number of methoxy groups -OCH3 is 2. The largest absolute Gasteiger partial charge is 0.355 e. The van der Waals surface area contributed by atoms with E-state index in [2.05, 4.69) is 0 Å². The van der Waals surface area contributed by atoms with Crippen molar-refractivity contribution in [3.05, 3.63) is 0 Å². The molecular formula is C5H12N2O3. The van der Waals surface area contributed by atoms with Crippen molar-refractivity contribution in [2.45, 2.75) is 12.7 Å². The van der Waals surface area contributed by atoms with Crippen molar-refractivity contribution in [3.63, 3.8) is 0 Å². The van der Waals surface area contributed by atoms with Crippen molar-refractivity contribution in [1.29, 1.82) is 5.41 Å². The standard InChI is InChI=1S/C5H12N2O3/c1-9-5(10-2)3-4(6)7-8/h5,8H,3H2,1-2H3,(H2,6,7). The van der Waals surface area contributed by atoms with E-state index in [-0.39, 0.29) is 12.3 Å². The molecule has 5 heteroatoms. The average molecular weight is 148 g/mol. The molecule has 0 amide bonds. The SMILES string of the molecule is COC(CC(=N)NO)OC. The summed E-state index contributed by atoms with van der Waals surface area (Å²) >= 11 is 0. The summed E-state index contributed by atoms with van der Waals surface area (Å²) < 4.78 is 9.52. The summed E-state index contributed by atoms with van der Waals surface area (Å²) in [4.78, 5) is 0. The van der Waals surface area contributed by atoms with E-state index in [0.29, 0.717) is 0 Å². The van der Waals surface area contributed by atoms with Gasteiger partial charge in [0.25, 0.3) is 0 Å². The molecule has 0 aliphatic carbocycles. The van der Waals surface area contributed by atoms with Crippen LogP contribution in [0.4, 0.5) is 0 Å². The zero-order chi connectivity index (χ0) is 7.98. The molecule has 0 saturated carbocycles.